The quantitative estimate of drug-likeness (QED) is 0.540. The normalized spacial score (nSPS) is 15.6. The first-order valence-electron chi connectivity index (χ1n) is 10.3. The van der Waals surface area contributed by atoms with Gasteiger partial charge < -0.3 is 14.6 Å². The summed E-state index contributed by atoms with van der Waals surface area (Å²) in [5, 5.41) is 9.19. The molecular weight excluding hydrogens is 452 g/mol. The molecule has 1 aliphatic rings. The number of aliphatic carboxylic acids is 1. The molecule has 1 saturated heterocycles. The smallest absolute Gasteiger partial charge is 0.331 e. The highest BCUT2D eigenvalue weighted by molar-refractivity contribution is 7.89. The minimum atomic E-state index is -3.78. The number of piperidine rings is 1. The Morgan fingerprint density at radius 2 is 1.85 bits per heavy atom. The zero-order valence-corrected chi connectivity index (χ0v) is 19.0. The van der Waals surface area contributed by atoms with E-state index < -0.39 is 28.2 Å². The lowest BCUT2D eigenvalue weighted by Crippen LogP contribution is -2.41. The number of hydrogen-bond donors (Lipinski definition) is 1. The van der Waals surface area contributed by atoms with Crippen molar-refractivity contribution in [2.24, 2.45) is 0 Å². The van der Waals surface area contributed by atoms with Crippen LogP contribution in [0.4, 0.5) is 0 Å². The molecule has 1 aliphatic heterocycles. The van der Waals surface area contributed by atoms with Gasteiger partial charge in [0.15, 0.2) is 17.1 Å². The van der Waals surface area contributed by atoms with Crippen molar-refractivity contribution in [2.45, 2.75) is 30.3 Å². The SMILES string of the molecule is COc1ccc(S(=O)(=O)N2CCC(n3c(=O)n(CC(=O)O)c4cccnc43)CC2)cc1OC. The molecule has 3 aromatic rings. The Bertz CT molecular complexity index is 1350. The van der Waals surface area contributed by atoms with E-state index in [4.69, 9.17) is 9.47 Å². The summed E-state index contributed by atoms with van der Waals surface area (Å²) in [6.07, 6.45) is 2.31. The number of imidazole rings is 1. The molecule has 1 N–H and O–H groups in total. The summed E-state index contributed by atoms with van der Waals surface area (Å²) in [7, 11) is -0.867. The minimum absolute atomic E-state index is 0.0931. The van der Waals surface area contributed by atoms with Gasteiger partial charge in [-0.05, 0) is 37.1 Å². The Morgan fingerprint density at radius 1 is 1.15 bits per heavy atom. The third kappa shape index (κ3) is 4.07. The fourth-order valence-electron chi connectivity index (χ4n) is 4.19. The molecule has 0 atom stereocenters. The van der Waals surface area contributed by atoms with Gasteiger partial charge in [-0.15, -0.1) is 0 Å². The van der Waals surface area contributed by atoms with Gasteiger partial charge in [0.2, 0.25) is 10.0 Å². The summed E-state index contributed by atoms with van der Waals surface area (Å²) in [4.78, 5) is 28.6. The molecule has 176 valence electrons. The number of aromatic nitrogens is 3. The first-order valence-corrected chi connectivity index (χ1v) is 11.7. The van der Waals surface area contributed by atoms with E-state index in [1.54, 1.807) is 24.4 Å². The second-order valence-electron chi connectivity index (χ2n) is 7.63. The molecule has 1 aromatic carbocycles. The monoisotopic (exact) mass is 476 g/mol. The maximum absolute atomic E-state index is 13.2. The van der Waals surface area contributed by atoms with Gasteiger partial charge in [-0.3, -0.25) is 13.9 Å². The van der Waals surface area contributed by atoms with Gasteiger partial charge in [-0.1, -0.05) is 0 Å². The Labute approximate surface area is 189 Å². The number of rotatable bonds is 7. The Morgan fingerprint density at radius 3 is 2.48 bits per heavy atom. The lowest BCUT2D eigenvalue weighted by Gasteiger charge is -2.31. The maximum Gasteiger partial charge on any atom is 0.331 e. The maximum atomic E-state index is 13.2. The first-order chi connectivity index (χ1) is 15.8. The number of benzene rings is 1. The molecular formula is C21H24N4O7S. The standard InChI is InChI=1S/C21H24N4O7S/c1-31-17-6-5-15(12-18(17)32-2)33(29,30)23-10-7-14(8-11-23)25-20-16(4-3-9-22-20)24(21(25)28)13-19(26)27/h3-6,9,12,14H,7-8,10-11,13H2,1-2H3,(H,26,27). The van der Waals surface area contributed by atoms with E-state index in [-0.39, 0.29) is 24.0 Å². The lowest BCUT2D eigenvalue weighted by atomic mass is 10.1. The molecule has 33 heavy (non-hydrogen) atoms. The number of nitrogens with zero attached hydrogens (tertiary/aromatic N) is 4. The number of ether oxygens (including phenoxy) is 2. The molecule has 2 aromatic heterocycles. The van der Waals surface area contributed by atoms with Crippen LogP contribution in [0.5, 0.6) is 11.5 Å². The number of fused-ring (bicyclic) bond motifs is 1. The van der Waals surface area contributed by atoms with Crippen molar-refractivity contribution in [1.82, 2.24) is 18.4 Å². The Kier molecular flexibility index (Phi) is 6.13. The summed E-state index contributed by atoms with van der Waals surface area (Å²) in [5.41, 5.74) is 0.363. The predicted molar refractivity (Wildman–Crippen MR) is 118 cm³/mol. The highest BCUT2D eigenvalue weighted by Gasteiger charge is 2.32. The van der Waals surface area contributed by atoms with Crippen molar-refractivity contribution in [2.75, 3.05) is 27.3 Å². The summed E-state index contributed by atoms with van der Waals surface area (Å²) in [6.45, 7) is -0.0704. The summed E-state index contributed by atoms with van der Waals surface area (Å²) in [6, 6.07) is 7.43. The largest absolute Gasteiger partial charge is 0.493 e. The lowest BCUT2D eigenvalue weighted by molar-refractivity contribution is -0.137. The van der Waals surface area contributed by atoms with Gasteiger partial charge in [0.25, 0.3) is 0 Å². The van der Waals surface area contributed by atoms with Crippen LogP contribution in [0, 0.1) is 0 Å². The first kappa shape index (κ1) is 22.8. The number of sulfonamides is 1. The molecule has 0 radical (unpaired) electrons. The van der Waals surface area contributed by atoms with E-state index in [9.17, 15) is 23.1 Å². The molecule has 0 spiro atoms. The molecule has 0 amide bonds. The molecule has 12 heteroatoms. The highest BCUT2D eigenvalue weighted by Crippen LogP contribution is 2.33. The van der Waals surface area contributed by atoms with Crippen molar-refractivity contribution in [3.05, 3.63) is 47.0 Å². The van der Waals surface area contributed by atoms with Crippen molar-refractivity contribution in [1.29, 1.82) is 0 Å². The average molecular weight is 477 g/mol. The molecule has 0 bridgehead atoms. The van der Waals surface area contributed by atoms with Crippen LogP contribution in [0.15, 0.2) is 46.2 Å². The van der Waals surface area contributed by atoms with Gasteiger partial charge in [0.1, 0.15) is 6.54 Å². The highest BCUT2D eigenvalue weighted by atomic mass is 32.2. The van der Waals surface area contributed by atoms with Crippen molar-refractivity contribution < 1.29 is 27.8 Å². The Balaban J connectivity index is 1.60. The summed E-state index contributed by atoms with van der Waals surface area (Å²) >= 11 is 0. The van der Waals surface area contributed by atoms with Crippen molar-refractivity contribution in [3.8, 4) is 11.5 Å². The fourth-order valence-corrected chi connectivity index (χ4v) is 5.68. The zero-order valence-electron chi connectivity index (χ0n) is 18.2. The van der Waals surface area contributed by atoms with E-state index in [1.807, 2.05) is 0 Å². The van der Waals surface area contributed by atoms with Crippen LogP contribution in [-0.4, -0.2) is 65.2 Å². The average Bonchev–Trinajstić information content (AvgIpc) is 3.09. The topological polar surface area (TPSA) is 133 Å². The van der Waals surface area contributed by atoms with Crippen molar-refractivity contribution in [3.63, 3.8) is 0 Å². The number of carboxylic acid groups (broad SMARTS) is 1. The van der Waals surface area contributed by atoms with Gasteiger partial charge >= 0.3 is 11.7 Å². The molecule has 0 unspecified atom stereocenters. The van der Waals surface area contributed by atoms with Crippen LogP contribution in [0.3, 0.4) is 0 Å². The number of hydrogen-bond acceptors (Lipinski definition) is 7. The molecule has 4 rings (SSSR count). The number of carbonyl (C=O) groups is 1. The summed E-state index contributed by atoms with van der Waals surface area (Å²) in [5.74, 6) is -0.382. The fraction of sp³-hybridized carbons (Fsp3) is 0.381. The van der Waals surface area contributed by atoms with Crippen LogP contribution in [-0.2, 0) is 21.4 Å². The number of methoxy groups -OCH3 is 2. The minimum Gasteiger partial charge on any atom is -0.493 e. The van der Waals surface area contributed by atoms with E-state index in [1.165, 1.54) is 39.8 Å². The van der Waals surface area contributed by atoms with Crippen LogP contribution < -0.4 is 15.2 Å². The third-order valence-electron chi connectivity index (χ3n) is 5.80. The van der Waals surface area contributed by atoms with Crippen molar-refractivity contribution >= 4 is 27.2 Å². The molecule has 11 nitrogen and oxygen atoms in total. The van der Waals surface area contributed by atoms with Gasteiger partial charge in [-0.2, -0.15) is 4.31 Å². The van der Waals surface area contributed by atoms with Crippen LogP contribution in [0.1, 0.15) is 18.9 Å². The number of carboxylic acids is 1. The van der Waals surface area contributed by atoms with Crippen LogP contribution in [0.2, 0.25) is 0 Å². The zero-order chi connectivity index (χ0) is 23.8. The molecule has 3 heterocycles. The van der Waals surface area contributed by atoms with E-state index in [2.05, 4.69) is 4.98 Å². The molecule has 0 aliphatic carbocycles. The summed E-state index contributed by atoms with van der Waals surface area (Å²) < 4.78 is 40.8. The van der Waals surface area contributed by atoms with Gasteiger partial charge in [-0.25, -0.2) is 18.2 Å². The van der Waals surface area contributed by atoms with Gasteiger partial charge in [0, 0.05) is 31.4 Å². The van der Waals surface area contributed by atoms with Crippen LogP contribution in [0.25, 0.3) is 11.2 Å². The van der Waals surface area contributed by atoms with E-state index in [0.29, 0.717) is 35.5 Å². The second-order valence-corrected chi connectivity index (χ2v) is 9.57. The van der Waals surface area contributed by atoms with E-state index in [0.717, 1.165) is 0 Å². The number of pyridine rings is 1. The predicted octanol–water partition coefficient (Wildman–Crippen LogP) is 1.33. The van der Waals surface area contributed by atoms with E-state index >= 15 is 0 Å². The second kappa shape index (κ2) is 8.87. The molecule has 1 fully saturated rings. The van der Waals surface area contributed by atoms with Crippen LogP contribution >= 0.6 is 0 Å². The van der Waals surface area contributed by atoms with Gasteiger partial charge in [0.05, 0.1) is 24.6 Å². The Hall–Kier alpha value is -3.38. The molecule has 0 saturated carbocycles. The third-order valence-corrected chi connectivity index (χ3v) is 7.69.